The average Bonchev–Trinajstić information content (AvgIpc) is 2.65. The molecule has 6 heteroatoms. The average molecular weight is 351 g/mol. The van der Waals surface area contributed by atoms with Gasteiger partial charge in [0, 0.05) is 32.6 Å². The Morgan fingerprint density at radius 2 is 1.96 bits per heavy atom. The molecule has 0 aromatic heterocycles. The Kier molecular flexibility index (Phi) is 6.04. The first kappa shape index (κ1) is 18.3. The SMILES string of the molecule is O=C(CC1CCOCC1)N1CCOC(CO)(Cc2ccc(F)cc2)C1. The van der Waals surface area contributed by atoms with Crippen LogP contribution in [0.1, 0.15) is 24.8 Å². The minimum atomic E-state index is -0.818. The number of halogens is 1. The standard InChI is InChI=1S/C19H26FNO4/c20-17-3-1-16(2-4-17)12-19(14-22)13-21(7-10-25-19)18(23)11-15-5-8-24-9-6-15/h1-4,15,22H,5-14H2. The number of rotatable bonds is 5. The summed E-state index contributed by atoms with van der Waals surface area (Å²) in [4.78, 5) is 14.5. The number of hydrogen-bond acceptors (Lipinski definition) is 4. The summed E-state index contributed by atoms with van der Waals surface area (Å²) in [6, 6.07) is 6.19. The molecule has 25 heavy (non-hydrogen) atoms. The molecule has 2 heterocycles. The lowest BCUT2D eigenvalue weighted by Gasteiger charge is -2.42. The van der Waals surface area contributed by atoms with Crippen LogP contribution in [0.3, 0.4) is 0 Å². The zero-order valence-corrected chi connectivity index (χ0v) is 14.5. The number of benzene rings is 1. The Labute approximate surface area is 147 Å². The maximum Gasteiger partial charge on any atom is 0.223 e. The molecule has 2 fully saturated rings. The highest BCUT2D eigenvalue weighted by Gasteiger charge is 2.38. The number of ether oxygens (including phenoxy) is 2. The number of aliphatic hydroxyl groups is 1. The molecule has 1 atom stereocenters. The van der Waals surface area contributed by atoms with Crippen LogP contribution in [-0.2, 0) is 20.7 Å². The van der Waals surface area contributed by atoms with Crippen LogP contribution in [0.25, 0.3) is 0 Å². The van der Waals surface area contributed by atoms with Crippen molar-refractivity contribution >= 4 is 5.91 Å². The highest BCUT2D eigenvalue weighted by atomic mass is 19.1. The van der Waals surface area contributed by atoms with E-state index < -0.39 is 5.60 Å². The minimum absolute atomic E-state index is 0.118. The van der Waals surface area contributed by atoms with Crippen LogP contribution < -0.4 is 0 Å². The quantitative estimate of drug-likeness (QED) is 0.878. The van der Waals surface area contributed by atoms with Gasteiger partial charge in [0.25, 0.3) is 0 Å². The van der Waals surface area contributed by atoms with Crippen LogP contribution >= 0.6 is 0 Å². The maximum absolute atomic E-state index is 13.1. The van der Waals surface area contributed by atoms with Crippen molar-refractivity contribution in [2.75, 3.05) is 39.5 Å². The fourth-order valence-electron chi connectivity index (χ4n) is 3.62. The van der Waals surface area contributed by atoms with E-state index in [0.717, 1.165) is 31.6 Å². The number of carbonyl (C=O) groups excluding carboxylic acids is 1. The molecule has 1 aromatic carbocycles. The molecule has 0 spiro atoms. The monoisotopic (exact) mass is 351 g/mol. The van der Waals surface area contributed by atoms with Crippen LogP contribution in [0, 0.1) is 11.7 Å². The lowest BCUT2D eigenvalue weighted by molar-refractivity contribution is -0.159. The summed E-state index contributed by atoms with van der Waals surface area (Å²) in [6.07, 6.45) is 2.83. The van der Waals surface area contributed by atoms with Crippen LogP contribution in [0.15, 0.2) is 24.3 Å². The predicted octanol–water partition coefficient (Wildman–Crippen LogP) is 1.77. The molecule has 2 aliphatic rings. The summed E-state index contributed by atoms with van der Waals surface area (Å²) in [7, 11) is 0. The second-order valence-corrected chi connectivity index (χ2v) is 7.07. The van der Waals surface area contributed by atoms with E-state index in [1.165, 1.54) is 12.1 Å². The largest absolute Gasteiger partial charge is 0.393 e. The van der Waals surface area contributed by atoms with Crippen molar-refractivity contribution in [2.45, 2.75) is 31.3 Å². The zero-order chi connectivity index (χ0) is 17.7. The van der Waals surface area contributed by atoms with Gasteiger partial charge in [-0.3, -0.25) is 4.79 Å². The first-order valence-electron chi connectivity index (χ1n) is 8.95. The van der Waals surface area contributed by atoms with Gasteiger partial charge in [-0.15, -0.1) is 0 Å². The van der Waals surface area contributed by atoms with E-state index in [2.05, 4.69) is 0 Å². The summed E-state index contributed by atoms with van der Waals surface area (Å²) >= 11 is 0. The molecule has 5 nitrogen and oxygen atoms in total. The predicted molar refractivity (Wildman–Crippen MR) is 90.6 cm³/mol. The number of morpholine rings is 1. The number of aliphatic hydroxyl groups excluding tert-OH is 1. The molecular weight excluding hydrogens is 325 g/mol. The molecule has 0 bridgehead atoms. The first-order chi connectivity index (χ1) is 12.1. The lowest BCUT2D eigenvalue weighted by Crippen LogP contribution is -2.57. The van der Waals surface area contributed by atoms with Gasteiger partial charge in [-0.2, -0.15) is 0 Å². The third-order valence-electron chi connectivity index (χ3n) is 5.13. The molecule has 1 N–H and O–H groups in total. The Hall–Kier alpha value is -1.50. The van der Waals surface area contributed by atoms with E-state index in [1.807, 2.05) is 0 Å². The Morgan fingerprint density at radius 3 is 2.64 bits per heavy atom. The topological polar surface area (TPSA) is 59.0 Å². The summed E-state index contributed by atoms with van der Waals surface area (Å²) < 4.78 is 24.3. The third-order valence-corrected chi connectivity index (χ3v) is 5.13. The molecule has 3 rings (SSSR count). The van der Waals surface area contributed by atoms with Gasteiger partial charge in [0.15, 0.2) is 0 Å². The third kappa shape index (κ3) is 4.77. The van der Waals surface area contributed by atoms with E-state index in [9.17, 15) is 14.3 Å². The van der Waals surface area contributed by atoms with Gasteiger partial charge in [0.05, 0.1) is 19.8 Å². The Morgan fingerprint density at radius 1 is 1.24 bits per heavy atom. The van der Waals surface area contributed by atoms with Gasteiger partial charge < -0.3 is 19.5 Å². The zero-order valence-electron chi connectivity index (χ0n) is 14.5. The van der Waals surface area contributed by atoms with Gasteiger partial charge in [0.1, 0.15) is 11.4 Å². The summed E-state index contributed by atoms with van der Waals surface area (Å²) in [5.74, 6) is 0.205. The molecule has 0 aliphatic carbocycles. The van der Waals surface area contributed by atoms with Crippen LogP contribution in [0.2, 0.25) is 0 Å². The van der Waals surface area contributed by atoms with Gasteiger partial charge in [-0.05, 0) is 36.5 Å². The first-order valence-corrected chi connectivity index (χ1v) is 8.95. The molecule has 2 saturated heterocycles. The molecule has 1 unspecified atom stereocenters. The van der Waals surface area contributed by atoms with E-state index in [4.69, 9.17) is 9.47 Å². The van der Waals surface area contributed by atoms with Crippen LogP contribution in [-0.4, -0.2) is 61.0 Å². The number of carbonyl (C=O) groups is 1. The number of amides is 1. The number of nitrogens with zero attached hydrogens (tertiary/aromatic N) is 1. The maximum atomic E-state index is 13.1. The van der Waals surface area contributed by atoms with Crippen molar-refractivity contribution < 1.29 is 23.8 Å². The van der Waals surface area contributed by atoms with Crippen molar-refractivity contribution in [1.29, 1.82) is 0 Å². The highest BCUT2D eigenvalue weighted by Crippen LogP contribution is 2.26. The van der Waals surface area contributed by atoms with E-state index in [1.54, 1.807) is 17.0 Å². The minimum Gasteiger partial charge on any atom is -0.393 e. The second kappa shape index (κ2) is 8.25. The number of hydrogen-bond donors (Lipinski definition) is 1. The van der Waals surface area contributed by atoms with Gasteiger partial charge in [0.2, 0.25) is 5.91 Å². The van der Waals surface area contributed by atoms with Crippen molar-refractivity contribution in [3.05, 3.63) is 35.6 Å². The van der Waals surface area contributed by atoms with Gasteiger partial charge >= 0.3 is 0 Å². The fraction of sp³-hybridized carbons (Fsp3) is 0.632. The van der Waals surface area contributed by atoms with Crippen molar-refractivity contribution in [3.8, 4) is 0 Å². The molecule has 1 aromatic rings. The normalized spacial score (nSPS) is 25.1. The molecule has 0 saturated carbocycles. The lowest BCUT2D eigenvalue weighted by atomic mass is 9.92. The Balaban J connectivity index is 1.62. The summed E-state index contributed by atoms with van der Waals surface area (Å²) in [5, 5.41) is 9.92. The van der Waals surface area contributed by atoms with E-state index in [-0.39, 0.29) is 18.3 Å². The fourth-order valence-corrected chi connectivity index (χ4v) is 3.62. The van der Waals surface area contributed by atoms with Gasteiger partial charge in [-0.25, -0.2) is 4.39 Å². The van der Waals surface area contributed by atoms with E-state index in [0.29, 0.717) is 38.5 Å². The van der Waals surface area contributed by atoms with Crippen LogP contribution in [0.4, 0.5) is 4.39 Å². The second-order valence-electron chi connectivity index (χ2n) is 7.07. The highest BCUT2D eigenvalue weighted by molar-refractivity contribution is 5.76. The van der Waals surface area contributed by atoms with Crippen molar-refractivity contribution in [3.63, 3.8) is 0 Å². The van der Waals surface area contributed by atoms with Crippen molar-refractivity contribution in [2.24, 2.45) is 5.92 Å². The molecule has 0 radical (unpaired) electrons. The molecule has 138 valence electrons. The molecule has 2 aliphatic heterocycles. The smallest absolute Gasteiger partial charge is 0.223 e. The Bertz CT molecular complexity index is 573. The van der Waals surface area contributed by atoms with Gasteiger partial charge in [-0.1, -0.05) is 12.1 Å². The van der Waals surface area contributed by atoms with Crippen LogP contribution in [0.5, 0.6) is 0 Å². The summed E-state index contributed by atoms with van der Waals surface area (Å²) in [5.41, 5.74) is 0.0655. The molecular formula is C19H26FNO4. The molecule has 1 amide bonds. The van der Waals surface area contributed by atoms with Crippen molar-refractivity contribution in [1.82, 2.24) is 4.90 Å². The van der Waals surface area contributed by atoms with E-state index >= 15 is 0 Å². The summed E-state index contributed by atoms with van der Waals surface area (Å²) in [6.45, 7) is 2.60.